The predicted molar refractivity (Wildman–Crippen MR) is 90.0 cm³/mol. The average molecular weight is 298 g/mol. The molecular formula is C18H22N2O2. The number of hydrogen-bond acceptors (Lipinski definition) is 4. The van der Waals surface area contributed by atoms with E-state index in [0.717, 1.165) is 16.9 Å². The highest BCUT2D eigenvalue weighted by Crippen LogP contribution is 2.23. The Hall–Kier alpha value is -2.33. The number of methoxy groups -OCH3 is 1. The Morgan fingerprint density at radius 2 is 1.95 bits per heavy atom. The number of aromatic hydroxyl groups is 1. The fourth-order valence-electron chi connectivity index (χ4n) is 2.26. The van der Waals surface area contributed by atoms with Gasteiger partial charge in [0.25, 0.3) is 0 Å². The number of phenolic OH excluding ortho intramolecular Hbond substituents is 1. The van der Waals surface area contributed by atoms with Gasteiger partial charge in [-0.1, -0.05) is 24.3 Å². The third-order valence-electron chi connectivity index (χ3n) is 3.55. The van der Waals surface area contributed by atoms with Gasteiger partial charge in [-0.05, 0) is 43.9 Å². The molecule has 0 saturated carbocycles. The fourth-order valence-corrected chi connectivity index (χ4v) is 2.26. The smallest absolute Gasteiger partial charge is 0.124 e. The summed E-state index contributed by atoms with van der Waals surface area (Å²) in [7, 11) is 5.72. The van der Waals surface area contributed by atoms with E-state index in [1.165, 1.54) is 0 Å². The Morgan fingerprint density at radius 1 is 1.18 bits per heavy atom. The molecular weight excluding hydrogens is 276 g/mol. The highest BCUT2D eigenvalue weighted by Gasteiger charge is 2.13. The molecule has 0 radical (unpaired) electrons. The van der Waals surface area contributed by atoms with Crippen molar-refractivity contribution in [2.75, 3.05) is 27.7 Å². The summed E-state index contributed by atoms with van der Waals surface area (Å²) in [4.78, 5) is 6.61. The topological polar surface area (TPSA) is 45.1 Å². The summed E-state index contributed by atoms with van der Waals surface area (Å²) in [6, 6.07) is 15.3. The maximum Gasteiger partial charge on any atom is 0.124 e. The molecule has 4 nitrogen and oxygen atoms in total. The van der Waals surface area contributed by atoms with E-state index in [2.05, 4.69) is 16.0 Å². The number of benzene rings is 2. The van der Waals surface area contributed by atoms with Crippen molar-refractivity contribution >= 4 is 6.21 Å². The molecule has 0 amide bonds. The van der Waals surface area contributed by atoms with E-state index in [4.69, 9.17) is 4.74 Å². The summed E-state index contributed by atoms with van der Waals surface area (Å²) < 4.78 is 5.28. The van der Waals surface area contributed by atoms with E-state index < -0.39 is 0 Å². The summed E-state index contributed by atoms with van der Waals surface area (Å²) >= 11 is 0. The average Bonchev–Trinajstić information content (AvgIpc) is 2.53. The molecule has 0 heterocycles. The molecule has 1 atom stereocenters. The molecule has 0 saturated heterocycles. The molecule has 2 aromatic carbocycles. The molecule has 1 N–H and O–H groups in total. The number of para-hydroxylation sites is 1. The summed E-state index contributed by atoms with van der Waals surface area (Å²) in [5, 5.41) is 9.75. The van der Waals surface area contributed by atoms with Crippen LogP contribution >= 0.6 is 0 Å². The van der Waals surface area contributed by atoms with E-state index >= 15 is 0 Å². The monoisotopic (exact) mass is 298 g/mol. The van der Waals surface area contributed by atoms with Crippen molar-refractivity contribution in [3.63, 3.8) is 0 Å². The third kappa shape index (κ3) is 4.09. The third-order valence-corrected chi connectivity index (χ3v) is 3.55. The number of likely N-dealkylation sites (N-methyl/N-ethyl adjacent to an activating group) is 1. The summed E-state index contributed by atoms with van der Waals surface area (Å²) in [5.41, 5.74) is 1.88. The van der Waals surface area contributed by atoms with Gasteiger partial charge in [0.05, 0.1) is 19.7 Å². The Bertz CT molecular complexity index is 638. The van der Waals surface area contributed by atoms with Gasteiger partial charge in [0, 0.05) is 11.8 Å². The number of aliphatic imine (C=N–C) groups is 1. The van der Waals surface area contributed by atoms with Gasteiger partial charge in [-0.2, -0.15) is 0 Å². The number of rotatable bonds is 6. The van der Waals surface area contributed by atoms with Crippen molar-refractivity contribution < 1.29 is 9.84 Å². The second kappa shape index (κ2) is 7.61. The first-order valence-corrected chi connectivity index (χ1v) is 7.20. The second-order valence-corrected chi connectivity index (χ2v) is 5.31. The van der Waals surface area contributed by atoms with Gasteiger partial charge in [-0.3, -0.25) is 4.99 Å². The molecule has 0 fully saturated rings. The van der Waals surface area contributed by atoms with Gasteiger partial charge < -0.3 is 14.7 Å². The normalized spacial score (nSPS) is 12.7. The van der Waals surface area contributed by atoms with Crippen molar-refractivity contribution in [3.05, 3.63) is 59.7 Å². The minimum atomic E-state index is 0.150. The second-order valence-electron chi connectivity index (χ2n) is 5.31. The van der Waals surface area contributed by atoms with Crippen LogP contribution in [0.1, 0.15) is 17.2 Å². The minimum Gasteiger partial charge on any atom is -0.507 e. The standard InChI is InChI=1S/C18H22N2O2/c1-20(2)17(14-8-6-9-16(11-14)22-3)13-19-12-15-7-4-5-10-18(15)21/h4-12,17,21H,13H2,1-3H3/t17-/m1/s1. The largest absolute Gasteiger partial charge is 0.507 e. The van der Waals surface area contributed by atoms with Crippen LogP contribution in [-0.2, 0) is 0 Å². The van der Waals surface area contributed by atoms with Crippen molar-refractivity contribution in [2.45, 2.75) is 6.04 Å². The first kappa shape index (κ1) is 16.0. The van der Waals surface area contributed by atoms with Gasteiger partial charge in [-0.15, -0.1) is 0 Å². The first-order chi connectivity index (χ1) is 10.6. The van der Waals surface area contributed by atoms with Crippen LogP contribution in [0.4, 0.5) is 0 Å². The molecule has 116 valence electrons. The number of phenols is 1. The zero-order valence-corrected chi connectivity index (χ0v) is 13.2. The summed E-state index contributed by atoms with van der Waals surface area (Å²) in [6.45, 7) is 0.606. The van der Waals surface area contributed by atoms with Crippen LogP contribution in [0.15, 0.2) is 53.5 Å². The molecule has 0 unspecified atom stereocenters. The molecule has 0 aliphatic rings. The number of nitrogens with zero attached hydrogens (tertiary/aromatic N) is 2. The maximum atomic E-state index is 9.75. The highest BCUT2D eigenvalue weighted by molar-refractivity contribution is 5.83. The lowest BCUT2D eigenvalue weighted by atomic mass is 10.1. The summed E-state index contributed by atoms with van der Waals surface area (Å²) in [5.74, 6) is 1.09. The van der Waals surface area contributed by atoms with E-state index in [-0.39, 0.29) is 11.8 Å². The van der Waals surface area contributed by atoms with E-state index in [9.17, 15) is 5.11 Å². The van der Waals surface area contributed by atoms with Crippen molar-refractivity contribution in [1.82, 2.24) is 4.90 Å². The van der Waals surface area contributed by atoms with Crippen LogP contribution in [-0.4, -0.2) is 44.0 Å². The van der Waals surface area contributed by atoms with Crippen LogP contribution in [0.2, 0.25) is 0 Å². The number of ether oxygens (including phenoxy) is 1. The van der Waals surface area contributed by atoms with Gasteiger partial charge >= 0.3 is 0 Å². The molecule has 0 aromatic heterocycles. The van der Waals surface area contributed by atoms with Crippen molar-refractivity contribution in [3.8, 4) is 11.5 Å². The zero-order chi connectivity index (χ0) is 15.9. The molecule has 0 spiro atoms. The lowest BCUT2D eigenvalue weighted by Crippen LogP contribution is -2.22. The van der Waals surface area contributed by atoms with Gasteiger partial charge in [0.15, 0.2) is 0 Å². The van der Waals surface area contributed by atoms with Gasteiger partial charge in [-0.25, -0.2) is 0 Å². The van der Waals surface area contributed by atoms with Gasteiger partial charge in [0.1, 0.15) is 11.5 Å². The Labute approximate surface area is 131 Å². The lowest BCUT2D eigenvalue weighted by Gasteiger charge is -2.23. The molecule has 0 aliphatic carbocycles. The molecule has 0 aliphatic heterocycles. The van der Waals surface area contributed by atoms with Crippen LogP contribution < -0.4 is 4.74 Å². The van der Waals surface area contributed by atoms with E-state index in [1.54, 1.807) is 25.5 Å². The van der Waals surface area contributed by atoms with E-state index in [0.29, 0.717) is 6.54 Å². The molecule has 22 heavy (non-hydrogen) atoms. The van der Waals surface area contributed by atoms with Crippen LogP contribution in [0.5, 0.6) is 11.5 Å². The van der Waals surface area contributed by atoms with Gasteiger partial charge in [0.2, 0.25) is 0 Å². The van der Waals surface area contributed by atoms with E-state index in [1.807, 2.05) is 44.4 Å². The van der Waals surface area contributed by atoms with Crippen LogP contribution in [0.25, 0.3) is 0 Å². The highest BCUT2D eigenvalue weighted by atomic mass is 16.5. The van der Waals surface area contributed by atoms with Crippen molar-refractivity contribution in [1.29, 1.82) is 0 Å². The zero-order valence-electron chi connectivity index (χ0n) is 13.2. The minimum absolute atomic E-state index is 0.150. The Morgan fingerprint density at radius 3 is 2.64 bits per heavy atom. The SMILES string of the molecule is COc1cccc([C@@H](CN=Cc2ccccc2O)N(C)C)c1. The molecule has 2 aromatic rings. The first-order valence-electron chi connectivity index (χ1n) is 7.20. The Balaban J connectivity index is 2.14. The maximum absolute atomic E-state index is 9.75. The van der Waals surface area contributed by atoms with Crippen LogP contribution in [0.3, 0.4) is 0 Å². The predicted octanol–water partition coefficient (Wildman–Crippen LogP) is 3.12. The molecule has 0 bridgehead atoms. The fraction of sp³-hybridized carbons (Fsp3) is 0.278. The van der Waals surface area contributed by atoms with Crippen molar-refractivity contribution in [2.24, 2.45) is 4.99 Å². The lowest BCUT2D eigenvalue weighted by molar-refractivity contribution is 0.305. The quantitative estimate of drug-likeness (QED) is 0.833. The molecule has 4 heteroatoms. The molecule has 2 rings (SSSR count). The summed E-state index contributed by atoms with van der Waals surface area (Å²) in [6.07, 6.45) is 1.71. The Kier molecular flexibility index (Phi) is 5.55. The van der Waals surface area contributed by atoms with Crippen LogP contribution in [0, 0.1) is 0 Å². The number of hydrogen-bond donors (Lipinski definition) is 1.